The molecule has 1 heterocycles. The number of rotatable bonds is 7. The van der Waals surface area contributed by atoms with Crippen molar-refractivity contribution < 1.29 is 13.2 Å². The second kappa shape index (κ2) is 6.31. The molecular weight excluding hydrogens is 256 g/mol. The molecule has 0 bridgehead atoms. The van der Waals surface area contributed by atoms with Crippen LogP contribution in [0.15, 0.2) is 23.2 Å². The molecule has 0 fully saturated rings. The Labute approximate surface area is 106 Å². The van der Waals surface area contributed by atoms with E-state index >= 15 is 0 Å². The van der Waals surface area contributed by atoms with Crippen LogP contribution in [0.2, 0.25) is 0 Å². The van der Waals surface area contributed by atoms with Gasteiger partial charge in [0.15, 0.2) is 0 Å². The molecule has 0 aliphatic rings. The van der Waals surface area contributed by atoms with Gasteiger partial charge in [-0.05, 0) is 19.1 Å². The Bertz CT molecular complexity index is 498. The second-order valence-electron chi connectivity index (χ2n) is 3.52. The molecule has 4 N–H and O–H groups in total. The van der Waals surface area contributed by atoms with Gasteiger partial charge in [-0.15, -0.1) is 0 Å². The van der Waals surface area contributed by atoms with Crippen LogP contribution in [-0.4, -0.2) is 32.4 Å². The second-order valence-corrected chi connectivity index (χ2v) is 5.29. The quantitative estimate of drug-likeness (QED) is 0.628. The van der Waals surface area contributed by atoms with Crippen LogP contribution in [0.1, 0.15) is 13.3 Å². The summed E-state index contributed by atoms with van der Waals surface area (Å²) in [7, 11) is -3.64. The van der Waals surface area contributed by atoms with Gasteiger partial charge in [0.2, 0.25) is 15.9 Å². The Morgan fingerprint density at radius 2 is 2.17 bits per heavy atom. The molecule has 0 aliphatic heterocycles. The number of nitrogens with one attached hydrogen (secondary N) is 2. The zero-order valence-electron chi connectivity index (χ0n) is 10.0. The first kappa shape index (κ1) is 14.4. The van der Waals surface area contributed by atoms with Crippen molar-refractivity contribution in [2.24, 2.45) is 5.73 Å². The van der Waals surface area contributed by atoms with Gasteiger partial charge >= 0.3 is 0 Å². The minimum absolute atomic E-state index is 0.0212. The average Bonchev–Trinajstić information content (AvgIpc) is 2.29. The van der Waals surface area contributed by atoms with Gasteiger partial charge in [0.05, 0.1) is 0 Å². The van der Waals surface area contributed by atoms with Crippen LogP contribution in [0.25, 0.3) is 0 Å². The van der Waals surface area contributed by atoms with Crippen LogP contribution in [0.3, 0.4) is 0 Å². The third-order valence-electron chi connectivity index (χ3n) is 2.07. The predicted octanol–water partition coefficient (Wildman–Crippen LogP) is -0.333. The standard InChI is InChI=1S/C10H16N4O3S/c1-2-12-10-4-3-8(7-13-10)18(16,17)14-6-5-9(11)15/h3-4,7,14H,2,5-6H2,1H3,(H2,11,15)(H,12,13). The summed E-state index contributed by atoms with van der Waals surface area (Å²) in [5.74, 6) is 0.0481. The van der Waals surface area contributed by atoms with E-state index in [-0.39, 0.29) is 17.9 Å². The molecule has 1 amide bonds. The topological polar surface area (TPSA) is 114 Å². The fourth-order valence-corrected chi connectivity index (χ4v) is 2.19. The molecule has 1 aromatic rings. The van der Waals surface area contributed by atoms with E-state index in [2.05, 4.69) is 15.0 Å². The van der Waals surface area contributed by atoms with E-state index in [0.29, 0.717) is 12.4 Å². The van der Waals surface area contributed by atoms with Crippen molar-refractivity contribution >= 4 is 21.7 Å². The lowest BCUT2D eigenvalue weighted by molar-refractivity contribution is -0.117. The lowest BCUT2D eigenvalue weighted by Gasteiger charge is -2.06. The molecule has 18 heavy (non-hydrogen) atoms. The van der Waals surface area contributed by atoms with E-state index in [1.165, 1.54) is 12.3 Å². The summed E-state index contributed by atoms with van der Waals surface area (Å²) in [6.07, 6.45) is 1.22. The monoisotopic (exact) mass is 272 g/mol. The Morgan fingerprint density at radius 3 is 2.67 bits per heavy atom. The number of carbonyl (C=O) groups is 1. The molecule has 0 atom stereocenters. The number of amides is 1. The molecule has 0 spiro atoms. The van der Waals surface area contributed by atoms with Crippen molar-refractivity contribution in [3.05, 3.63) is 18.3 Å². The van der Waals surface area contributed by atoms with E-state index in [4.69, 9.17) is 5.73 Å². The third kappa shape index (κ3) is 4.30. The van der Waals surface area contributed by atoms with Gasteiger partial charge in [0.25, 0.3) is 0 Å². The molecule has 0 radical (unpaired) electrons. The van der Waals surface area contributed by atoms with Crippen LogP contribution in [0, 0.1) is 0 Å². The predicted molar refractivity (Wildman–Crippen MR) is 67.4 cm³/mol. The number of pyridine rings is 1. The number of nitrogens with two attached hydrogens (primary N) is 1. The summed E-state index contributed by atoms with van der Waals surface area (Å²) in [4.78, 5) is 14.5. The number of carbonyl (C=O) groups excluding carboxylic acids is 1. The Morgan fingerprint density at radius 1 is 1.44 bits per heavy atom. The zero-order valence-corrected chi connectivity index (χ0v) is 10.8. The molecular formula is C10H16N4O3S. The van der Waals surface area contributed by atoms with Gasteiger partial charge in [0, 0.05) is 25.7 Å². The number of hydrogen-bond donors (Lipinski definition) is 3. The molecule has 0 saturated heterocycles. The van der Waals surface area contributed by atoms with Gasteiger partial charge in [-0.1, -0.05) is 0 Å². The molecule has 0 aromatic carbocycles. The number of nitrogens with zero attached hydrogens (tertiary/aromatic N) is 1. The van der Waals surface area contributed by atoms with Gasteiger partial charge in [0.1, 0.15) is 10.7 Å². The Hall–Kier alpha value is -1.67. The van der Waals surface area contributed by atoms with Crippen LogP contribution in [0.5, 0.6) is 0 Å². The highest BCUT2D eigenvalue weighted by Gasteiger charge is 2.14. The molecule has 0 unspecified atom stereocenters. The number of anilines is 1. The van der Waals surface area contributed by atoms with Crippen LogP contribution in [0.4, 0.5) is 5.82 Å². The van der Waals surface area contributed by atoms with Gasteiger partial charge in [-0.3, -0.25) is 4.79 Å². The van der Waals surface area contributed by atoms with Gasteiger partial charge < -0.3 is 11.1 Å². The van der Waals surface area contributed by atoms with Crippen LogP contribution in [-0.2, 0) is 14.8 Å². The van der Waals surface area contributed by atoms with E-state index in [1.54, 1.807) is 6.07 Å². The zero-order chi connectivity index (χ0) is 13.6. The maximum atomic E-state index is 11.8. The highest BCUT2D eigenvalue weighted by molar-refractivity contribution is 7.89. The summed E-state index contributed by atoms with van der Waals surface area (Å²) in [5.41, 5.74) is 4.92. The Balaban J connectivity index is 2.69. The fourth-order valence-electron chi connectivity index (χ4n) is 1.22. The summed E-state index contributed by atoms with van der Waals surface area (Å²) in [5, 5.41) is 2.96. The number of aromatic nitrogens is 1. The van der Waals surface area contributed by atoms with Crippen LogP contribution < -0.4 is 15.8 Å². The van der Waals surface area contributed by atoms with E-state index < -0.39 is 15.9 Å². The number of primary amides is 1. The van der Waals surface area contributed by atoms with Crippen molar-refractivity contribution in [2.45, 2.75) is 18.2 Å². The van der Waals surface area contributed by atoms with E-state index in [1.807, 2.05) is 6.92 Å². The summed E-state index contributed by atoms with van der Waals surface area (Å²) < 4.78 is 25.8. The molecule has 7 nitrogen and oxygen atoms in total. The third-order valence-corrected chi connectivity index (χ3v) is 3.51. The van der Waals surface area contributed by atoms with Gasteiger partial charge in [-0.25, -0.2) is 18.1 Å². The minimum Gasteiger partial charge on any atom is -0.370 e. The van der Waals surface area contributed by atoms with Crippen molar-refractivity contribution in [3.8, 4) is 0 Å². The van der Waals surface area contributed by atoms with E-state index in [9.17, 15) is 13.2 Å². The lowest BCUT2D eigenvalue weighted by Crippen LogP contribution is -2.28. The van der Waals surface area contributed by atoms with Crippen molar-refractivity contribution in [3.63, 3.8) is 0 Å². The molecule has 8 heteroatoms. The van der Waals surface area contributed by atoms with Gasteiger partial charge in [-0.2, -0.15) is 0 Å². The first-order valence-electron chi connectivity index (χ1n) is 5.43. The molecule has 100 valence electrons. The highest BCUT2D eigenvalue weighted by Crippen LogP contribution is 2.10. The molecule has 1 aromatic heterocycles. The number of hydrogen-bond acceptors (Lipinski definition) is 5. The lowest BCUT2D eigenvalue weighted by atomic mass is 10.4. The van der Waals surface area contributed by atoms with E-state index in [0.717, 1.165) is 0 Å². The van der Waals surface area contributed by atoms with Crippen LogP contribution >= 0.6 is 0 Å². The average molecular weight is 272 g/mol. The molecule has 0 aliphatic carbocycles. The normalized spacial score (nSPS) is 11.2. The van der Waals surface area contributed by atoms with Crippen molar-refractivity contribution in [1.82, 2.24) is 9.71 Å². The maximum Gasteiger partial charge on any atom is 0.242 e. The number of sulfonamides is 1. The fraction of sp³-hybridized carbons (Fsp3) is 0.400. The molecule has 0 saturated carbocycles. The highest BCUT2D eigenvalue weighted by atomic mass is 32.2. The first-order valence-corrected chi connectivity index (χ1v) is 6.92. The van der Waals surface area contributed by atoms with Crippen molar-refractivity contribution in [2.75, 3.05) is 18.4 Å². The maximum absolute atomic E-state index is 11.8. The Kier molecular flexibility index (Phi) is 5.05. The minimum atomic E-state index is -3.64. The smallest absolute Gasteiger partial charge is 0.242 e. The van der Waals surface area contributed by atoms with Crippen molar-refractivity contribution in [1.29, 1.82) is 0 Å². The SMILES string of the molecule is CCNc1ccc(S(=O)(=O)NCCC(N)=O)cn1. The first-order chi connectivity index (χ1) is 8.45. The largest absolute Gasteiger partial charge is 0.370 e. The summed E-state index contributed by atoms with van der Waals surface area (Å²) >= 11 is 0. The molecule has 1 rings (SSSR count). The summed E-state index contributed by atoms with van der Waals surface area (Å²) in [6.45, 7) is 2.60. The summed E-state index contributed by atoms with van der Waals surface area (Å²) in [6, 6.07) is 3.02.